The van der Waals surface area contributed by atoms with Crippen LogP contribution in [0.2, 0.25) is 0 Å². The second-order valence-electron chi connectivity index (χ2n) is 11.5. The van der Waals surface area contributed by atoms with Crippen LogP contribution in [0, 0.1) is 0 Å². The van der Waals surface area contributed by atoms with Gasteiger partial charge in [0.25, 0.3) is 0 Å². The van der Waals surface area contributed by atoms with Gasteiger partial charge in [0.2, 0.25) is 33.0 Å². The maximum absolute atomic E-state index is 13.5. The first-order chi connectivity index (χ1) is 21.4. The van der Waals surface area contributed by atoms with Crippen LogP contribution in [-0.4, -0.2) is 88.7 Å². The molecule has 2 amide bonds. The second kappa shape index (κ2) is 14.5. The van der Waals surface area contributed by atoms with E-state index in [0.29, 0.717) is 80.5 Å². The topological polar surface area (TPSA) is 144 Å². The van der Waals surface area contributed by atoms with Crippen LogP contribution in [0.4, 0.5) is 5.69 Å². The summed E-state index contributed by atoms with van der Waals surface area (Å²) >= 11 is 0. The van der Waals surface area contributed by atoms with Crippen LogP contribution in [0.25, 0.3) is 11.1 Å². The fourth-order valence-electron chi connectivity index (χ4n) is 5.96. The summed E-state index contributed by atoms with van der Waals surface area (Å²) in [6.45, 7) is 6.46. The van der Waals surface area contributed by atoms with E-state index in [1.54, 1.807) is 45.1 Å². The highest BCUT2D eigenvalue weighted by atomic mass is 32.2. The molecule has 0 radical (unpaired) electrons. The third-order valence-electron chi connectivity index (χ3n) is 8.35. The van der Waals surface area contributed by atoms with E-state index < -0.39 is 21.3 Å². The van der Waals surface area contributed by atoms with E-state index in [-0.39, 0.29) is 23.7 Å². The molecule has 246 valence electrons. The molecule has 0 spiro atoms. The molecular formula is C32H44N4O8S. The number of fused-ring (bicyclic) bond motifs is 3. The summed E-state index contributed by atoms with van der Waals surface area (Å²) in [4.78, 5) is 40.2. The van der Waals surface area contributed by atoms with Crippen LogP contribution < -0.4 is 30.3 Å². The third kappa shape index (κ3) is 7.36. The maximum atomic E-state index is 13.5. The van der Waals surface area contributed by atoms with Gasteiger partial charge in [-0.2, -0.15) is 4.31 Å². The monoisotopic (exact) mass is 644 g/mol. The minimum atomic E-state index is -3.34. The zero-order valence-corrected chi connectivity index (χ0v) is 27.7. The molecule has 13 heteroatoms. The molecule has 2 aromatic rings. The third-order valence-corrected chi connectivity index (χ3v) is 10.6. The van der Waals surface area contributed by atoms with Gasteiger partial charge in [-0.05, 0) is 68.0 Å². The number of sulfonamides is 1. The van der Waals surface area contributed by atoms with Crippen molar-refractivity contribution in [1.29, 1.82) is 0 Å². The highest BCUT2D eigenvalue weighted by Gasteiger charge is 2.31. The van der Waals surface area contributed by atoms with E-state index in [9.17, 15) is 22.8 Å². The van der Waals surface area contributed by atoms with Gasteiger partial charge in [-0.3, -0.25) is 14.4 Å². The lowest BCUT2D eigenvalue weighted by Gasteiger charge is -2.35. The van der Waals surface area contributed by atoms with Crippen LogP contribution >= 0.6 is 0 Å². The second-order valence-corrected chi connectivity index (χ2v) is 14.0. The molecule has 0 saturated carbocycles. The minimum absolute atomic E-state index is 0.0442. The van der Waals surface area contributed by atoms with Gasteiger partial charge in [-0.1, -0.05) is 6.07 Å². The zero-order chi connectivity index (χ0) is 32.9. The van der Waals surface area contributed by atoms with Gasteiger partial charge in [0.15, 0.2) is 11.5 Å². The first-order valence-electron chi connectivity index (χ1n) is 15.2. The fourth-order valence-corrected chi connectivity index (χ4v) is 7.23. The number of aryl methyl sites for hydroxylation is 1. The average molecular weight is 645 g/mol. The van der Waals surface area contributed by atoms with E-state index in [4.69, 9.17) is 14.2 Å². The Morgan fingerprint density at radius 3 is 2.29 bits per heavy atom. The van der Waals surface area contributed by atoms with E-state index in [0.717, 1.165) is 16.7 Å². The number of nitrogens with one attached hydrogen (secondary N) is 2. The van der Waals surface area contributed by atoms with Crippen LogP contribution in [-0.2, 0) is 26.0 Å². The van der Waals surface area contributed by atoms with Crippen molar-refractivity contribution in [2.24, 2.45) is 0 Å². The Balaban J connectivity index is 1.53. The average Bonchev–Trinajstić information content (AvgIpc) is 3.26. The van der Waals surface area contributed by atoms with Gasteiger partial charge in [-0.25, -0.2) is 8.42 Å². The molecule has 2 N–H and O–H groups in total. The first-order valence-corrected chi connectivity index (χ1v) is 16.7. The van der Waals surface area contributed by atoms with E-state index in [1.807, 2.05) is 12.1 Å². The number of carbonyl (C=O) groups excluding carboxylic acids is 2. The lowest BCUT2D eigenvalue weighted by molar-refractivity contribution is -0.132. The normalized spacial score (nSPS) is 16.7. The molecule has 2 aliphatic rings. The molecule has 1 heterocycles. The molecule has 1 aliphatic carbocycles. The van der Waals surface area contributed by atoms with Gasteiger partial charge in [0.1, 0.15) is 0 Å². The van der Waals surface area contributed by atoms with Gasteiger partial charge in [0.05, 0.1) is 38.3 Å². The standard InChI is InChI=1S/C32H44N4O8S/c1-20(2)45(40,41)36-16-14-35(15-17-36)29(39)8-7-13-33-26-12-10-23-24(19-27(26)38)25(34-21(3)37)11-9-22-18-28(42-4)31(43-5)32(44-6)30(22)23/h10,12,18-20,25H,7-9,11,13-17H2,1-6H3,(H,33,38)(H,34,37)/t25-/m0/s1. The lowest BCUT2D eigenvalue weighted by atomic mass is 9.95. The number of methoxy groups -OCH3 is 3. The Kier molecular flexibility index (Phi) is 11.0. The number of carbonyl (C=O) groups is 2. The minimum Gasteiger partial charge on any atom is -0.493 e. The first kappa shape index (κ1) is 34.0. The van der Waals surface area contributed by atoms with Crippen molar-refractivity contribution >= 4 is 27.5 Å². The van der Waals surface area contributed by atoms with Gasteiger partial charge >= 0.3 is 0 Å². The number of hydrogen-bond acceptors (Lipinski definition) is 9. The molecule has 0 aromatic heterocycles. The summed E-state index contributed by atoms with van der Waals surface area (Å²) in [6.07, 6.45) is 1.92. The van der Waals surface area contributed by atoms with Gasteiger partial charge < -0.3 is 29.7 Å². The largest absolute Gasteiger partial charge is 0.493 e. The number of hydrogen-bond donors (Lipinski definition) is 2. The predicted molar refractivity (Wildman–Crippen MR) is 173 cm³/mol. The van der Waals surface area contributed by atoms with Gasteiger partial charge in [0, 0.05) is 51.6 Å². The molecule has 1 fully saturated rings. The molecule has 1 atom stereocenters. The SMILES string of the molecule is COc1cc2c(c(OC)c1OC)-c1ccc(NCCCC(=O)N3CCN(S(=O)(=O)C(C)C)CC3)c(=O)cc1[C@@H](NC(C)=O)CC2. The van der Waals surface area contributed by atoms with Crippen molar-refractivity contribution in [3.8, 4) is 28.4 Å². The Morgan fingerprint density at radius 2 is 1.69 bits per heavy atom. The van der Waals surface area contributed by atoms with E-state index >= 15 is 0 Å². The molecule has 0 unspecified atom stereocenters. The van der Waals surface area contributed by atoms with Crippen LogP contribution in [0.3, 0.4) is 0 Å². The number of benzene rings is 1. The summed E-state index contributed by atoms with van der Waals surface area (Å²) in [7, 11) is 1.31. The Hall–Kier alpha value is -3.84. The molecule has 1 aliphatic heterocycles. The van der Waals surface area contributed by atoms with E-state index in [1.165, 1.54) is 18.3 Å². The number of amides is 2. The van der Waals surface area contributed by atoms with Crippen molar-refractivity contribution in [3.05, 3.63) is 45.6 Å². The fraction of sp³-hybridized carbons (Fsp3) is 0.531. The van der Waals surface area contributed by atoms with Gasteiger partial charge in [-0.15, -0.1) is 0 Å². The highest BCUT2D eigenvalue weighted by molar-refractivity contribution is 7.89. The molecule has 2 aromatic carbocycles. The number of rotatable bonds is 11. The Bertz CT molecular complexity index is 1590. The molecule has 4 rings (SSSR count). The number of anilines is 1. The van der Waals surface area contributed by atoms with E-state index in [2.05, 4.69) is 10.6 Å². The summed E-state index contributed by atoms with van der Waals surface area (Å²) in [6, 6.07) is 6.61. The highest BCUT2D eigenvalue weighted by Crippen LogP contribution is 2.50. The molecular weight excluding hydrogens is 600 g/mol. The Labute approximate surface area is 265 Å². The van der Waals surface area contributed by atoms with Crippen molar-refractivity contribution in [3.63, 3.8) is 0 Å². The van der Waals surface area contributed by atoms with Crippen molar-refractivity contribution in [2.45, 2.75) is 57.7 Å². The van der Waals surface area contributed by atoms with Crippen molar-refractivity contribution < 1.29 is 32.2 Å². The lowest BCUT2D eigenvalue weighted by Crippen LogP contribution is -2.51. The molecule has 1 saturated heterocycles. The Morgan fingerprint density at radius 1 is 1.00 bits per heavy atom. The summed E-state index contributed by atoms with van der Waals surface area (Å²) in [5, 5.41) is 5.69. The van der Waals surface area contributed by atoms with Crippen molar-refractivity contribution in [1.82, 2.24) is 14.5 Å². The zero-order valence-electron chi connectivity index (χ0n) is 26.9. The number of nitrogens with zero attached hydrogens (tertiary/aromatic N) is 2. The number of piperazine rings is 1. The number of ether oxygens (including phenoxy) is 3. The molecule has 12 nitrogen and oxygen atoms in total. The summed E-state index contributed by atoms with van der Waals surface area (Å²) in [5.41, 5.74) is 3.23. The quantitative estimate of drug-likeness (QED) is 0.353. The summed E-state index contributed by atoms with van der Waals surface area (Å²) in [5.74, 6) is 1.19. The molecule has 0 bridgehead atoms. The predicted octanol–water partition coefficient (Wildman–Crippen LogP) is 2.94. The molecule has 45 heavy (non-hydrogen) atoms. The maximum Gasteiger partial charge on any atom is 0.222 e. The van der Waals surface area contributed by atoms with Crippen LogP contribution in [0.1, 0.15) is 57.2 Å². The van der Waals surface area contributed by atoms with Crippen LogP contribution in [0.5, 0.6) is 17.2 Å². The van der Waals surface area contributed by atoms with Crippen molar-refractivity contribution in [2.75, 3.05) is 59.4 Å². The summed E-state index contributed by atoms with van der Waals surface area (Å²) < 4.78 is 43.3. The smallest absolute Gasteiger partial charge is 0.222 e. The van der Waals surface area contributed by atoms with Crippen LogP contribution in [0.15, 0.2) is 29.1 Å².